The minimum Gasteiger partial charge on any atom is -0.454 e. The number of benzene rings is 2. The zero-order valence-electron chi connectivity index (χ0n) is 13.7. The molecule has 1 aliphatic rings. The molecule has 0 radical (unpaired) electrons. The average Bonchev–Trinajstić information content (AvgIpc) is 3.32. The van der Waals surface area contributed by atoms with Crippen molar-refractivity contribution in [1.82, 2.24) is 4.98 Å². The van der Waals surface area contributed by atoms with E-state index in [9.17, 15) is 14.0 Å². The number of hydrogen-bond donors (Lipinski definition) is 1. The van der Waals surface area contributed by atoms with Gasteiger partial charge >= 0.3 is 0 Å². The van der Waals surface area contributed by atoms with E-state index in [0.29, 0.717) is 22.2 Å². The number of anilines is 1. The molecule has 2 heterocycles. The Balaban J connectivity index is 1.58. The molecule has 0 fully saturated rings. The van der Waals surface area contributed by atoms with Gasteiger partial charge in [-0.05, 0) is 30.3 Å². The first kappa shape index (κ1) is 17.0. The summed E-state index contributed by atoms with van der Waals surface area (Å²) < 4.78 is 37.3. The van der Waals surface area contributed by atoms with Gasteiger partial charge in [0.05, 0.1) is 11.4 Å². The molecule has 0 unspecified atom stereocenters. The number of fused-ring (bicyclic) bond motifs is 1. The maximum atomic E-state index is 13.7. The molecule has 8 heteroatoms. The van der Waals surface area contributed by atoms with Crippen molar-refractivity contribution < 1.29 is 18.3 Å². The number of thiazole rings is 1. The molecule has 0 aliphatic carbocycles. The second kappa shape index (κ2) is 7.05. The highest BCUT2D eigenvalue weighted by Gasteiger charge is 2.16. The van der Waals surface area contributed by atoms with Crippen molar-refractivity contribution in [1.29, 1.82) is 5.26 Å². The molecule has 0 saturated carbocycles. The Morgan fingerprint density at radius 2 is 2.04 bits per heavy atom. The van der Waals surface area contributed by atoms with E-state index < -0.39 is 11.6 Å². The van der Waals surface area contributed by atoms with Crippen molar-refractivity contribution in [3.8, 4) is 28.8 Å². The van der Waals surface area contributed by atoms with Crippen LogP contribution >= 0.6 is 11.3 Å². The molecule has 0 atom stereocenters. The number of rotatable bonds is 4. The quantitative estimate of drug-likeness (QED) is 0.656. The predicted molar refractivity (Wildman–Crippen MR) is 97.2 cm³/mol. The normalized spacial score (nSPS) is 12.7. The van der Waals surface area contributed by atoms with Gasteiger partial charge in [0.15, 0.2) is 11.5 Å². The summed E-state index contributed by atoms with van der Waals surface area (Å²) >= 11 is 1.28. The van der Waals surface area contributed by atoms with Crippen LogP contribution in [0.25, 0.3) is 16.8 Å². The lowest BCUT2D eigenvalue weighted by Gasteiger charge is -2.03. The average molecular weight is 383 g/mol. The number of ether oxygens (including phenoxy) is 2. The molecule has 0 spiro atoms. The SMILES string of the molecule is N#C/C(=C\Nc1ccc(F)cc1F)c1nc(-c2ccc3c(c2)OCO3)cs1. The zero-order valence-corrected chi connectivity index (χ0v) is 14.5. The summed E-state index contributed by atoms with van der Waals surface area (Å²) in [5, 5.41) is 14.4. The Kier molecular flexibility index (Phi) is 4.44. The van der Waals surface area contributed by atoms with E-state index >= 15 is 0 Å². The van der Waals surface area contributed by atoms with Crippen LogP contribution in [0.5, 0.6) is 11.5 Å². The first-order valence-electron chi connectivity index (χ1n) is 7.82. The standard InChI is InChI=1S/C19H11F2N3O2S/c20-13-2-3-15(14(21)6-13)23-8-12(7-22)19-24-16(9-27-19)11-1-4-17-18(5-11)26-10-25-17/h1-6,8-9,23H,10H2/b12-8+. The second-order valence-electron chi connectivity index (χ2n) is 5.54. The maximum absolute atomic E-state index is 13.7. The Bertz CT molecular complexity index is 1090. The second-order valence-corrected chi connectivity index (χ2v) is 6.40. The van der Waals surface area contributed by atoms with Gasteiger partial charge in [0, 0.05) is 23.2 Å². The fourth-order valence-electron chi connectivity index (χ4n) is 2.48. The molecular weight excluding hydrogens is 372 g/mol. The van der Waals surface area contributed by atoms with Crippen LogP contribution in [0.3, 0.4) is 0 Å². The number of halogens is 2. The van der Waals surface area contributed by atoms with E-state index in [2.05, 4.69) is 10.3 Å². The third-order valence-electron chi connectivity index (χ3n) is 3.83. The van der Waals surface area contributed by atoms with Gasteiger partial charge < -0.3 is 14.8 Å². The van der Waals surface area contributed by atoms with Crippen molar-refractivity contribution in [2.75, 3.05) is 12.1 Å². The topological polar surface area (TPSA) is 67.2 Å². The smallest absolute Gasteiger partial charge is 0.231 e. The van der Waals surface area contributed by atoms with Crippen molar-refractivity contribution >= 4 is 22.6 Å². The molecule has 0 bridgehead atoms. The lowest BCUT2D eigenvalue weighted by Crippen LogP contribution is -1.94. The Morgan fingerprint density at radius 1 is 1.19 bits per heavy atom. The van der Waals surface area contributed by atoms with Crippen molar-refractivity contribution in [3.05, 3.63) is 64.6 Å². The molecule has 1 aromatic heterocycles. The van der Waals surface area contributed by atoms with Gasteiger partial charge in [-0.2, -0.15) is 5.26 Å². The van der Waals surface area contributed by atoms with Crippen LogP contribution in [0.15, 0.2) is 48.0 Å². The van der Waals surface area contributed by atoms with Gasteiger partial charge in [-0.15, -0.1) is 11.3 Å². The number of nitrogens with zero attached hydrogens (tertiary/aromatic N) is 2. The van der Waals surface area contributed by atoms with Gasteiger partial charge in [-0.1, -0.05) is 0 Å². The van der Waals surface area contributed by atoms with Crippen LogP contribution in [-0.2, 0) is 0 Å². The number of nitrogens with one attached hydrogen (secondary N) is 1. The molecule has 5 nitrogen and oxygen atoms in total. The summed E-state index contributed by atoms with van der Waals surface area (Å²) in [4.78, 5) is 4.46. The number of hydrogen-bond acceptors (Lipinski definition) is 6. The molecule has 27 heavy (non-hydrogen) atoms. The van der Waals surface area contributed by atoms with Gasteiger partial charge in [-0.3, -0.25) is 0 Å². The summed E-state index contributed by atoms with van der Waals surface area (Å²) in [7, 11) is 0. The molecule has 3 aromatic rings. The van der Waals surface area contributed by atoms with Crippen LogP contribution in [0, 0.1) is 23.0 Å². The van der Waals surface area contributed by atoms with Crippen molar-refractivity contribution in [2.45, 2.75) is 0 Å². The molecule has 134 valence electrons. The first-order chi connectivity index (χ1) is 13.1. The number of nitriles is 1. The van der Waals surface area contributed by atoms with E-state index in [-0.39, 0.29) is 18.1 Å². The monoisotopic (exact) mass is 383 g/mol. The van der Waals surface area contributed by atoms with Crippen molar-refractivity contribution in [3.63, 3.8) is 0 Å². The third kappa shape index (κ3) is 3.45. The molecule has 0 amide bonds. The molecule has 1 aliphatic heterocycles. The fourth-order valence-corrected chi connectivity index (χ4v) is 3.28. The number of aromatic nitrogens is 1. The summed E-state index contributed by atoms with van der Waals surface area (Å²) in [5.41, 5.74) is 1.81. The third-order valence-corrected chi connectivity index (χ3v) is 4.70. The van der Waals surface area contributed by atoms with Gasteiger partial charge in [0.1, 0.15) is 28.3 Å². The van der Waals surface area contributed by atoms with E-state index in [1.54, 1.807) is 6.07 Å². The summed E-state index contributed by atoms with van der Waals surface area (Å²) in [6.45, 7) is 0.189. The summed E-state index contributed by atoms with van der Waals surface area (Å²) in [6.07, 6.45) is 1.35. The van der Waals surface area contributed by atoms with Crippen molar-refractivity contribution in [2.24, 2.45) is 0 Å². The predicted octanol–water partition coefficient (Wildman–Crippen LogP) is 4.79. The minimum atomic E-state index is -0.747. The van der Waals surface area contributed by atoms with Crippen LogP contribution in [0.4, 0.5) is 14.5 Å². The molecule has 2 aromatic carbocycles. The van der Waals surface area contributed by atoms with Crippen LogP contribution < -0.4 is 14.8 Å². The Hall–Kier alpha value is -3.44. The van der Waals surface area contributed by atoms with Crippen LogP contribution in [-0.4, -0.2) is 11.8 Å². The lowest BCUT2D eigenvalue weighted by atomic mass is 10.1. The highest BCUT2D eigenvalue weighted by molar-refractivity contribution is 7.11. The van der Waals surface area contributed by atoms with E-state index in [4.69, 9.17) is 9.47 Å². The van der Waals surface area contributed by atoms with Gasteiger partial charge in [0.25, 0.3) is 0 Å². The lowest BCUT2D eigenvalue weighted by molar-refractivity contribution is 0.174. The summed E-state index contributed by atoms with van der Waals surface area (Å²) in [6, 6.07) is 10.7. The fraction of sp³-hybridized carbons (Fsp3) is 0.0526. The molecular formula is C19H11F2N3O2S. The zero-order chi connectivity index (χ0) is 18.8. The maximum Gasteiger partial charge on any atom is 0.231 e. The first-order valence-corrected chi connectivity index (χ1v) is 8.70. The highest BCUT2D eigenvalue weighted by atomic mass is 32.1. The summed E-state index contributed by atoms with van der Waals surface area (Å²) in [5.74, 6) is -0.0940. The Morgan fingerprint density at radius 3 is 2.85 bits per heavy atom. The van der Waals surface area contributed by atoms with E-state index in [1.807, 2.05) is 23.6 Å². The van der Waals surface area contributed by atoms with Crippen LogP contribution in [0.2, 0.25) is 0 Å². The van der Waals surface area contributed by atoms with Crippen LogP contribution in [0.1, 0.15) is 5.01 Å². The molecule has 1 N–H and O–H groups in total. The van der Waals surface area contributed by atoms with Gasteiger partial charge in [0.2, 0.25) is 6.79 Å². The molecule has 0 saturated heterocycles. The van der Waals surface area contributed by atoms with E-state index in [0.717, 1.165) is 17.7 Å². The Labute approximate surface area is 157 Å². The highest BCUT2D eigenvalue weighted by Crippen LogP contribution is 2.36. The molecule has 4 rings (SSSR count). The minimum absolute atomic E-state index is 0.0664. The largest absolute Gasteiger partial charge is 0.454 e. The van der Waals surface area contributed by atoms with Gasteiger partial charge in [-0.25, -0.2) is 13.8 Å². The number of allylic oxidation sites excluding steroid dienone is 1. The van der Waals surface area contributed by atoms with E-state index in [1.165, 1.54) is 23.6 Å².